The molecule has 1 nitrogen and oxygen atoms in total. The van der Waals surface area contributed by atoms with Crippen LogP contribution in [0.25, 0.3) is 0 Å². The summed E-state index contributed by atoms with van der Waals surface area (Å²) in [5.74, 6) is 0.809. The van der Waals surface area contributed by atoms with Gasteiger partial charge in [0, 0.05) is 11.1 Å². The number of anilines is 1. The molecule has 2 aliphatic carbocycles. The van der Waals surface area contributed by atoms with Crippen molar-refractivity contribution in [1.82, 2.24) is 0 Å². The highest BCUT2D eigenvalue weighted by molar-refractivity contribution is 5.68. The highest BCUT2D eigenvalue weighted by Gasteiger charge is 2.63. The topological polar surface area (TPSA) is 12.0 Å². The zero-order chi connectivity index (χ0) is 18.7. The quantitative estimate of drug-likeness (QED) is 0.583. The molecule has 0 saturated heterocycles. The first-order valence-electron chi connectivity index (χ1n) is 11.0. The Morgan fingerprint density at radius 2 is 1.67 bits per heavy atom. The largest absolute Gasteiger partial charge is 0.374 e. The lowest BCUT2D eigenvalue weighted by Gasteiger charge is -2.57. The summed E-state index contributed by atoms with van der Waals surface area (Å²) in [6.45, 7) is 7.04. The first-order valence-corrected chi connectivity index (χ1v) is 11.0. The van der Waals surface area contributed by atoms with Crippen LogP contribution in [0.15, 0.2) is 48.5 Å². The Labute approximate surface area is 164 Å². The molecule has 3 atom stereocenters. The summed E-state index contributed by atoms with van der Waals surface area (Å²) in [5, 5.41) is 4.13. The van der Waals surface area contributed by atoms with E-state index >= 15 is 0 Å². The van der Waals surface area contributed by atoms with Crippen molar-refractivity contribution in [3.8, 4) is 0 Å². The van der Waals surface area contributed by atoms with Gasteiger partial charge in [0.2, 0.25) is 0 Å². The lowest BCUT2D eigenvalue weighted by Crippen LogP contribution is -2.57. The van der Waals surface area contributed by atoms with E-state index in [0.29, 0.717) is 0 Å². The molecule has 2 fully saturated rings. The number of hydrogen-bond donors (Lipinski definition) is 1. The van der Waals surface area contributed by atoms with E-state index in [1.54, 1.807) is 5.56 Å². The molecule has 0 bridgehead atoms. The van der Waals surface area contributed by atoms with E-state index in [0.717, 1.165) is 5.92 Å². The minimum absolute atomic E-state index is 0.0798. The number of hydrogen-bond acceptors (Lipinski definition) is 1. The van der Waals surface area contributed by atoms with Gasteiger partial charge in [-0.05, 0) is 59.8 Å². The molecular weight excluding hydrogens is 326 g/mol. The highest BCUT2D eigenvalue weighted by Crippen LogP contribution is 2.66. The van der Waals surface area contributed by atoms with Gasteiger partial charge in [0.15, 0.2) is 0 Å². The van der Waals surface area contributed by atoms with Crippen LogP contribution < -0.4 is 5.32 Å². The second kappa shape index (κ2) is 5.87. The monoisotopic (exact) mass is 359 g/mol. The molecule has 1 heteroatoms. The summed E-state index contributed by atoms with van der Waals surface area (Å²) in [6, 6.07) is 18.7. The molecule has 142 valence electrons. The van der Waals surface area contributed by atoms with Crippen LogP contribution in [0.1, 0.15) is 82.4 Å². The molecule has 5 rings (SSSR count). The molecule has 2 aromatic rings. The van der Waals surface area contributed by atoms with Gasteiger partial charge >= 0.3 is 0 Å². The average Bonchev–Trinajstić information content (AvgIpc) is 2.97. The summed E-state index contributed by atoms with van der Waals surface area (Å²) < 4.78 is 0. The van der Waals surface area contributed by atoms with Crippen LogP contribution in [0.2, 0.25) is 0 Å². The minimum Gasteiger partial charge on any atom is -0.374 e. The van der Waals surface area contributed by atoms with Gasteiger partial charge < -0.3 is 5.32 Å². The van der Waals surface area contributed by atoms with Crippen LogP contribution in [-0.2, 0) is 16.4 Å². The fraction of sp³-hybridized carbons (Fsp3) is 0.538. The van der Waals surface area contributed by atoms with Crippen LogP contribution in [0.4, 0.5) is 5.69 Å². The number of nitrogens with one attached hydrogen (secondary N) is 1. The average molecular weight is 360 g/mol. The molecular formula is C26H33N. The van der Waals surface area contributed by atoms with Crippen molar-refractivity contribution in [2.24, 2.45) is 5.92 Å². The van der Waals surface area contributed by atoms with Crippen molar-refractivity contribution in [3.63, 3.8) is 0 Å². The standard InChI is InChI=1S/C26H33N/c1-24(2,3)21-14-15-23-22(18-21)25-16-8-7-10-19(25)13-9-17-26(25,27-23)20-11-5-4-6-12-20/h4-6,11-12,14-15,18-19,27H,7-10,13,16-17H2,1-3H3. The van der Waals surface area contributed by atoms with Gasteiger partial charge in [-0.1, -0.05) is 82.5 Å². The Balaban J connectivity index is 1.77. The van der Waals surface area contributed by atoms with E-state index in [9.17, 15) is 0 Å². The minimum atomic E-state index is 0.0798. The third-order valence-electron chi connectivity index (χ3n) is 7.92. The molecule has 0 aromatic heterocycles. The summed E-state index contributed by atoms with van der Waals surface area (Å²) >= 11 is 0. The van der Waals surface area contributed by atoms with Crippen molar-refractivity contribution in [2.75, 3.05) is 5.32 Å². The van der Waals surface area contributed by atoms with E-state index in [2.05, 4.69) is 74.6 Å². The van der Waals surface area contributed by atoms with Gasteiger partial charge in [-0.2, -0.15) is 0 Å². The third kappa shape index (κ3) is 2.30. The van der Waals surface area contributed by atoms with Crippen molar-refractivity contribution in [1.29, 1.82) is 0 Å². The molecule has 1 spiro atoms. The van der Waals surface area contributed by atoms with E-state index in [-0.39, 0.29) is 16.4 Å². The summed E-state index contributed by atoms with van der Waals surface area (Å²) in [4.78, 5) is 0. The SMILES string of the molecule is CC(C)(C)c1ccc2c(c1)C13CCCCC1CCCC3(c1ccccc1)N2. The lowest BCUT2D eigenvalue weighted by molar-refractivity contribution is 0.0564. The van der Waals surface area contributed by atoms with Crippen LogP contribution >= 0.6 is 0 Å². The molecule has 0 radical (unpaired) electrons. The van der Waals surface area contributed by atoms with E-state index in [1.807, 2.05) is 0 Å². The van der Waals surface area contributed by atoms with Gasteiger partial charge in [0.05, 0.1) is 5.54 Å². The van der Waals surface area contributed by atoms with Crippen LogP contribution in [-0.4, -0.2) is 0 Å². The van der Waals surface area contributed by atoms with E-state index in [4.69, 9.17) is 0 Å². The maximum atomic E-state index is 4.13. The fourth-order valence-corrected chi connectivity index (χ4v) is 6.71. The van der Waals surface area contributed by atoms with E-state index in [1.165, 1.54) is 61.8 Å². The van der Waals surface area contributed by atoms with Crippen LogP contribution in [0, 0.1) is 5.92 Å². The molecule has 1 N–H and O–H groups in total. The Hall–Kier alpha value is -1.76. The zero-order valence-electron chi connectivity index (χ0n) is 17.1. The zero-order valence-corrected chi connectivity index (χ0v) is 17.1. The van der Waals surface area contributed by atoms with Crippen molar-refractivity contribution >= 4 is 5.69 Å². The maximum absolute atomic E-state index is 4.13. The molecule has 2 aromatic carbocycles. The maximum Gasteiger partial charge on any atom is 0.0725 e. The van der Waals surface area contributed by atoms with Crippen molar-refractivity contribution in [2.45, 2.75) is 82.1 Å². The van der Waals surface area contributed by atoms with Gasteiger partial charge in [-0.25, -0.2) is 0 Å². The highest BCUT2D eigenvalue weighted by atomic mass is 15.1. The first kappa shape index (κ1) is 17.3. The van der Waals surface area contributed by atoms with Gasteiger partial charge in [-0.3, -0.25) is 0 Å². The Kier molecular flexibility index (Phi) is 3.77. The third-order valence-corrected chi connectivity index (χ3v) is 7.92. The molecule has 2 saturated carbocycles. The second-order valence-electron chi connectivity index (χ2n) is 10.2. The molecule has 27 heavy (non-hydrogen) atoms. The summed E-state index contributed by atoms with van der Waals surface area (Å²) in [5.41, 5.74) is 6.56. The number of benzene rings is 2. The predicted octanol–water partition coefficient (Wildman–Crippen LogP) is 6.92. The lowest BCUT2D eigenvalue weighted by atomic mass is 9.48. The van der Waals surface area contributed by atoms with Crippen LogP contribution in [0.5, 0.6) is 0 Å². The smallest absolute Gasteiger partial charge is 0.0725 e. The Bertz CT molecular complexity index is 844. The first-order chi connectivity index (χ1) is 13.0. The molecule has 0 amide bonds. The predicted molar refractivity (Wildman–Crippen MR) is 114 cm³/mol. The molecule has 1 heterocycles. The summed E-state index contributed by atoms with van der Waals surface area (Å²) in [7, 11) is 0. The molecule has 1 aliphatic heterocycles. The van der Waals surface area contributed by atoms with Crippen molar-refractivity contribution in [3.05, 3.63) is 65.2 Å². The Morgan fingerprint density at radius 1 is 0.889 bits per heavy atom. The van der Waals surface area contributed by atoms with Gasteiger partial charge in [0.1, 0.15) is 0 Å². The van der Waals surface area contributed by atoms with Gasteiger partial charge in [0.25, 0.3) is 0 Å². The molecule has 3 aliphatic rings. The van der Waals surface area contributed by atoms with E-state index < -0.39 is 0 Å². The second-order valence-corrected chi connectivity index (χ2v) is 10.2. The Morgan fingerprint density at radius 3 is 2.44 bits per heavy atom. The van der Waals surface area contributed by atoms with Crippen LogP contribution in [0.3, 0.4) is 0 Å². The normalized spacial score (nSPS) is 32.2. The number of fused-ring (bicyclic) bond motifs is 1. The summed E-state index contributed by atoms with van der Waals surface area (Å²) in [6.07, 6.45) is 9.50. The van der Waals surface area contributed by atoms with Crippen molar-refractivity contribution < 1.29 is 0 Å². The molecule has 3 unspecified atom stereocenters. The fourth-order valence-electron chi connectivity index (χ4n) is 6.71. The van der Waals surface area contributed by atoms with Gasteiger partial charge in [-0.15, -0.1) is 0 Å². The number of rotatable bonds is 1.